The highest BCUT2D eigenvalue weighted by Gasteiger charge is 2.21. The van der Waals surface area contributed by atoms with Crippen LogP contribution in [-0.2, 0) is 11.2 Å². The first-order valence-electron chi connectivity index (χ1n) is 6.29. The van der Waals surface area contributed by atoms with Crippen LogP contribution in [0, 0.1) is 5.92 Å². The summed E-state index contributed by atoms with van der Waals surface area (Å²) < 4.78 is 11.0. The molecule has 0 spiro atoms. The molecule has 1 aliphatic rings. The van der Waals surface area contributed by atoms with Gasteiger partial charge in [0.25, 0.3) is 0 Å². The van der Waals surface area contributed by atoms with Gasteiger partial charge >= 0.3 is 0 Å². The van der Waals surface area contributed by atoms with Crippen molar-refractivity contribution in [3.05, 3.63) is 29.8 Å². The SMILES string of the molecule is CC(N)Cc1cccc(OCOCC2CC2)c1. The summed E-state index contributed by atoms with van der Waals surface area (Å²) in [5.41, 5.74) is 6.98. The predicted molar refractivity (Wildman–Crippen MR) is 68.0 cm³/mol. The van der Waals surface area contributed by atoms with E-state index < -0.39 is 0 Å². The molecule has 2 N–H and O–H groups in total. The number of rotatable bonds is 7. The Bertz CT molecular complexity index is 348. The minimum absolute atomic E-state index is 0.177. The molecule has 1 unspecified atom stereocenters. The van der Waals surface area contributed by atoms with E-state index in [1.165, 1.54) is 18.4 Å². The Labute approximate surface area is 103 Å². The zero-order chi connectivity index (χ0) is 12.1. The third-order valence-electron chi connectivity index (χ3n) is 2.82. The van der Waals surface area contributed by atoms with Crippen molar-refractivity contribution in [2.24, 2.45) is 11.7 Å². The van der Waals surface area contributed by atoms with Crippen molar-refractivity contribution < 1.29 is 9.47 Å². The van der Waals surface area contributed by atoms with Gasteiger partial charge in [-0.15, -0.1) is 0 Å². The highest BCUT2D eigenvalue weighted by atomic mass is 16.7. The molecule has 0 saturated heterocycles. The van der Waals surface area contributed by atoms with Crippen molar-refractivity contribution in [1.82, 2.24) is 0 Å². The zero-order valence-electron chi connectivity index (χ0n) is 10.4. The molecule has 1 aromatic carbocycles. The van der Waals surface area contributed by atoms with E-state index in [9.17, 15) is 0 Å². The maximum atomic E-state index is 5.77. The van der Waals surface area contributed by atoms with Gasteiger partial charge in [0.2, 0.25) is 0 Å². The number of nitrogens with two attached hydrogens (primary N) is 1. The van der Waals surface area contributed by atoms with Crippen LogP contribution in [0.2, 0.25) is 0 Å². The van der Waals surface area contributed by atoms with Crippen LogP contribution in [0.4, 0.5) is 0 Å². The molecule has 1 saturated carbocycles. The maximum Gasteiger partial charge on any atom is 0.189 e. The Morgan fingerprint density at radius 3 is 2.94 bits per heavy atom. The highest BCUT2D eigenvalue weighted by molar-refractivity contribution is 5.28. The standard InChI is InChI=1S/C14H21NO2/c1-11(15)7-13-3-2-4-14(8-13)17-10-16-9-12-5-6-12/h2-4,8,11-12H,5-7,9-10,15H2,1H3. The molecule has 0 bridgehead atoms. The molecule has 0 aliphatic heterocycles. The third kappa shape index (κ3) is 4.75. The van der Waals surface area contributed by atoms with Crippen LogP contribution < -0.4 is 10.5 Å². The number of benzene rings is 1. The minimum Gasteiger partial charge on any atom is -0.468 e. The molecule has 17 heavy (non-hydrogen) atoms. The van der Waals surface area contributed by atoms with Gasteiger partial charge in [0.1, 0.15) is 5.75 Å². The van der Waals surface area contributed by atoms with Gasteiger partial charge in [0, 0.05) is 6.04 Å². The van der Waals surface area contributed by atoms with E-state index >= 15 is 0 Å². The number of hydrogen-bond acceptors (Lipinski definition) is 3. The highest BCUT2D eigenvalue weighted by Crippen LogP contribution is 2.28. The third-order valence-corrected chi connectivity index (χ3v) is 2.82. The Balaban J connectivity index is 1.74. The van der Waals surface area contributed by atoms with E-state index in [4.69, 9.17) is 15.2 Å². The van der Waals surface area contributed by atoms with Gasteiger partial charge in [-0.1, -0.05) is 12.1 Å². The van der Waals surface area contributed by atoms with Crippen molar-refractivity contribution in [2.45, 2.75) is 32.2 Å². The van der Waals surface area contributed by atoms with E-state index in [1.807, 2.05) is 25.1 Å². The first kappa shape index (κ1) is 12.4. The van der Waals surface area contributed by atoms with Crippen LogP contribution in [0.15, 0.2) is 24.3 Å². The fourth-order valence-corrected chi connectivity index (χ4v) is 1.74. The van der Waals surface area contributed by atoms with Gasteiger partial charge in [-0.3, -0.25) is 0 Å². The largest absolute Gasteiger partial charge is 0.468 e. The van der Waals surface area contributed by atoms with Crippen LogP contribution in [0.5, 0.6) is 5.75 Å². The molecular weight excluding hydrogens is 214 g/mol. The molecule has 0 amide bonds. The molecule has 3 nitrogen and oxygen atoms in total. The molecule has 94 valence electrons. The van der Waals surface area contributed by atoms with Gasteiger partial charge in [0.05, 0.1) is 6.61 Å². The molecular formula is C14H21NO2. The van der Waals surface area contributed by atoms with Crippen molar-refractivity contribution in [3.8, 4) is 5.75 Å². The summed E-state index contributed by atoms with van der Waals surface area (Å²) >= 11 is 0. The Hall–Kier alpha value is -1.06. The predicted octanol–water partition coefficient (Wildman–Crippen LogP) is 2.34. The van der Waals surface area contributed by atoms with Crippen LogP contribution in [-0.4, -0.2) is 19.4 Å². The molecule has 3 heteroatoms. The minimum atomic E-state index is 0.177. The first-order chi connectivity index (χ1) is 8.24. The molecule has 1 fully saturated rings. The molecule has 1 aliphatic carbocycles. The summed E-state index contributed by atoms with van der Waals surface area (Å²) in [7, 11) is 0. The van der Waals surface area contributed by atoms with E-state index in [0.29, 0.717) is 6.79 Å². The maximum absolute atomic E-state index is 5.77. The Kier molecular flexibility index (Phi) is 4.40. The van der Waals surface area contributed by atoms with Gasteiger partial charge in [-0.05, 0) is 49.8 Å². The van der Waals surface area contributed by atoms with Crippen LogP contribution >= 0.6 is 0 Å². The van der Waals surface area contributed by atoms with Crippen LogP contribution in [0.1, 0.15) is 25.3 Å². The lowest BCUT2D eigenvalue weighted by atomic mass is 10.1. The Morgan fingerprint density at radius 1 is 1.41 bits per heavy atom. The molecule has 1 atom stereocenters. The monoisotopic (exact) mass is 235 g/mol. The van der Waals surface area contributed by atoms with Gasteiger partial charge in [0.15, 0.2) is 6.79 Å². The van der Waals surface area contributed by atoms with Gasteiger partial charge in [-0.25, -0.2) is 0 Å². The average molecular weight is 235 g/mol. The van der Waals surface area contributed by atoms with E-state index in [-0.39, 0.29) is 6.04 Å². The second-order valence-electron chi connectivity index (χ2n) is 4.91. The zero-order valence-corrected chi connectivity index (χ0v) is 10.4. The van der Waals surface area contributed by atoms with Crippen molar-refractivity contribution in [3.63, 3.8) is 0 Å². The van der Waals surface area contributed by atoms with E-state index in [0.717, 1.165) is 24.7 Å². The summed E-state index contributed by atoms with van der Waals surface area (Å²) in [6.45, 7) is 3.18. The molecule has 0 aromatic heterocycles. The lowest BCUT2D eigenvalue weighted by Gasteiger charge is -2.09. The average Bonchev–Trinajstić information content (AvgIpc) is 3.08. The number of ether oxygens (including phenoxy) is 2. The first-order valence-corrected chi connectivity index (χ1v) is 6.29. The second kappa shape index (κ2) is 6.03. The quantitative estimate of drug-likeness (QED) is 0.583. The molecule has 1 aromatic rings. The lowest BCUT2D eigenvalue weighted by Crippen LogP contribution is -2.17. The van der Waals surface area contributed by atoms with Crippen molar-refractivity contribution >= 4 is 0 Å². The number of hydrogen-bond donors (Lipinski definition) is 1. The van der Waals surface area contributed by atoms with Gasteiger partial charge in [-0.2, -0.15) is 0 Å². The molecule has 0 radical (unpaired) electrons. The fourth-order valence-electron chi connectivity index (χ4n) is 1.74. The second-order valence-corrected chi connectivity index (χ2v) is 4.91. The lowest BCUT2D eigenvalue weighted by molar-refractivity contribution is 0.00995. The fraction of sp³-hybridized carbons (Fsp3) is 0.571. The van der Waals surface area contributed by atoms with Crippen LogP contribution in [0.25, 0.3) is 0 Å². The summed E-state index contributed by atoms with van der Waals surface area (Å²) in [5.74, 6) is 1.64. The molecule has 0 heterocycles. The van der Waals surface area contributed by atoms with Gasteiger partial charge < -0.3 is 15.2 Å². The van der Waals surface area contributed by atoms with E-state index in [2.05, 4.69) is 6.07 Å². The summed E-state index contributed by atoms with van der Waals surface area (Å²) in [5, 5.41) is 0. The summed E-state index contributed by atoms with van der Waals surface area (Å²) in [6.07, 6.45) is 3.49. The summed E-state index contributed by atoms with van der Waals surface area (Å²) in [4.78, 5) is 0. The Morgan fingerprint density at radius 2 is 2.24 bits per heavy atom. The van der Waals surface area contributed by atoms with Crippen LogP contribution in [0.3, 0.4) is 0 Å². The smallest absolute Gasteiger partial charge is 0.189 e. The summed E-state index contributed by atoms with van der Waals surface area (Å²) in [6, 6.07) is 8.22. The molecule has 2 rings (SSSR count). The normalized spacial score (nSPS) is 16.8. The van der Waals surface area contributed by atoms with E-state index in [1.54, 1.807) is 0 Å². The van der Waals surface area contributed by atoms with Crippen molar-refractivity contribution in [2.75, 3.05) is 13.4 Å². The topological polar surface area (TPSA) is 44.5 Å². The van der Waals surface area contributed by atoms with Crippen molar-refractivity contribution in [1.29, 1.82) is 0 Å².